The van der Waals surface area contributed by atoms with E-state index in [1.165, 1.54) is 18.3 Å². The molecular weight excluding hydrogens is 430 g/mol. The van der Waals surface area contributed by atoms with Crippen molar-refractivity contribution in [1.29, 1.82) is 0 Å². The van der Waals surface area contributed by atoms with Crippen LogP contribution >= 0.6 is 11.3 Å². The monoisotopic (exact) mass is 459 g/mol. The SMILES string of the molecule is CC(=O)O[C@@H]1C=C(C)[C@H](C=CC(C)=CCS(=O)(=O)c2nc3ccccc3s2)C(C)(C)C1. The van der Waals surface area contributed by atoms with Crippen molar-refractivity contribution in [1.82, 2.24) is 4.98 Å². The van der Waals surface area contributed by atoms with Gasteiger partial charge in [0.25, 0.3) is 0 Å². The lowest BCUT2D eigenvalue weighted by atomic mass is 9.67. The van der Waals surface area contributed by atoms with Gasteiger partial charge in [-0.3, -0.25) is 4.79 Å². The number of sulfone groups is 1. The Labute approximate surface area is 188 Å². The van der Waals surface area contributed by atoms with Gasteiger partial charge in [-0.1, -0.05) is 55.4 Å². The Morgan fingerprint density at radius 3 is 2.65 bits per heavy atom. The highest BCUT2D eigenvalue weighted by atomic mass is 32.2. The maximum absolute atomic E-state index is 12.7. The van der Waals surface area contributed by atoms with Gasteiger partial charge in [-0.05, 0) is 43.9 Å². The summed E-state index contributed by atoms with van der Waals surface area (Å²) in [5.74, 6) is -0.170. The van der Waals surface area contributed by atoms with Crippen LogP contribution in [0.5, 0.6) is 0 Å². The summed E-state index contributed by atoms with van der Waals surface area (Å²) >= 11 is 1.21. The normalized spacial score (nSPS) is 22.0. The van der Waals surface area contributed by atoms with Crippen molar-refractivity contribution >= 4 is 37.4 Å². The summed E-state index contributed by atoms with van der Waals surface area (Å²) in [5.41, 5.74) is 2.66. The Balaban J connectivity index is 1.72. The number of carbonyl (C=O) groups is 1. The Morgan fingerprint density at radius 1 is 1.29 bits per heavy atom. The Hall–Kier alpha value is -2.25. The fraction of sp³-hybridized carbons (Fsp3) is 0.417. The van der Waals surface area contributed by atoms with Crippen molar-refractivity contribution in [3.05, 3.63) is 59.7 Å². The number of hydrogen-bond acceptors (Lipinski definition) is 6. The van der Waals surface area contributed by atoms with Crippen LogP contribution in [0.1, 0.15) is 41.0 Å². The Morgan fingerprint density at radius 2 is 2.00 bits per heavy atom. The van der Waals surface area contributed by atoms with Gasteiger partial charge in [0.15, 0.2) is 0 Å². The molecule has 3 rings (SSSR count). The molecule has 1 aromatic heterocycles. The van der Waals surface area contributed by atoms with Gasteiger partial charge < -0.3 is 4.74 Å². The van der Waals surface area contributed by atoms with E-state index >= 15 is 0 Å². The minimum atomic E-state index is -3.48. The van der Waals surface area contributed by atoms with E-state index in [1.54, 1.807) is 6.08 Å². The summed E-state index contributed by atoms with van der Waals surface area (Å²) < 4.78 is 31.9. The van der Waals surface area contributed by atoms with Gasteiger partial charge in [0, 0.05) is 12.8 Å². The first kappa shape index (κ1) is 23.4. The second-order valence-electron chi connectivity index (χ2n) is 8.77. The number of rotatable bonds is 6. The number of hydrogen-bond donors (Lipinski definition) is 0. The third-order valence-corrected chi connectivity index (χ3v) is 8.61. The van der Waals surface area contributed by atoms with E-state index in [0.29, 0.717) is 5.52 Å². The third-order valence-electron chi connectivity index (χ3n) is 5.54. The molecule has 0 N–H and O–H groups in total. The number of allylic oxidation sites excluding steroid dienone is 4. The van der Waals surface area contributed by atoms with Crippen LogP contribution in [0.3, 0.4) is 0 Å². The molecule has 0 spiro atoms. The molecule has 0 aliphatic heterocycles. The lowest BCUT2D eigenvalue weighted by Gasteiger charge is -2.39. The van der Waals surface area contributed by atoms with Crippen LogP contribution in [-0.2, 0) is 19.4 Å². The number of para-hydroxylation sites is 1. The van der Waals surface area contributed by atoms with Crippen LogP contribution in [0, 0.1) is 11.3 Å². The molecule has 0 saturated carbocycles. The first-order chi connectivity index (χ1) is 14.5. The largest absolute Gasteiger partial charge is 0.458 e. The van der Waals surface area contributed by atoms with Gasteiger partial charge >= 0.3 is 5.97 Å². The van der Waals surface area contributed by atoms with Crippen molar-refractivity contribution < 1.29 is 17.9 Å². The highest BCUT2D eigenvalue weighted by molar-refractivity contribution is 7.93. The smallest absolute Gasteiger partial charge is 0.303 e. The number of nitrogens with zero attached hydrogens (tertiary/aromatic N) is 1. The van der Waals surface area contributed by atoms with Gasteiger partial charge in [-0.15, -0.1) is 11.3 Å². The molecule has 166 valence electrons. The highest BCUT2D eigenvalue weighted by Crippen LogP contribution is 2.42. The number of esters is 1. The van der Waals surface area contributed by atoms with E-state index in [4.69, 9.17) is 4.74 Å². The molecule has 0 saturated heterocycles. The number of aromatic nitrogens is 1. The predicted molar refractivity (Wildman–Crippen MR) is 126 cm³/mol. The quantitative estimate of drug-likeness (QED) is 0.324. The van der Waals surface area contributed by atoms with Crippen LogP contribution in [0.4, 0.5) is 0 Å². The average Bonchev–Trinajstić information content (AvgIpc) is 3.10. The first-order valence-electron chi connectivity index (χ1n) is 10.3. The molecular formula is C24H29NO4S2. The van der Waals surface area contributed by atoms with Gasteiger partial charge in [0.2, 0.25) is 14.2 Å². The second-order valence-corrected chi connectivity index (χ2v) is 12.0. The van der Waals surface area contributed by atoms with Crippen molar-refractivity contribution in [3.63, 3.8) is 0 Å². The number of thiazole rings is 1. The van der Waals surface area contributed by atoms with Crippen LogP contribution in [0.25, 0.3) is 10.2 Å². The Kier molecular flexibility index (Phi) is 6.86. The minimum absolute atomic E-state index is 0.0806. The molecule has 1 aromatic carbocycles. The number of carbonyl (C=O) groups excluding carboxylic acids is 1. The van der Waals surface area contributed by atoms with E-state index in [1.807, 2.05) is 50.3 Å². The molecule has 2 atom stereocenters. The third kappa shape index (κ3) is 5.71. The first-order valence-corrected chi connectivity index (χ1v) is 12.7. The van der Waals surface area contributed by atoms with Crippen LogP contribution in [0.15, 0.2) is 64.1 Å². The zero-order valence-corrected chi connectivity index (χ0v) is 20.2. The van der Waals surface area contributed by atoms with Crippen LogP contribution in [0.2, 0.25) is 0 Å². The van der Waals surface area contributed by atoms with Gasteiger partial charge in [0.05, 0.1) is 16.0 Å². The van der Waals surface area contributed by atoms with Gasteiger partial charge in [-0.25, -0.2) is 13.4 Å². The van der Waals surface area contributed by atoms with Gasteiger partial charge in [-0.2, -0.15) is 0 Å². The summed E-state index contributed by atoms with van der Waals surface area (Å²) in [5, 5.41) is 0. The van der Waals surface area contributed by atoms with Gasteiger partial charge in [0.1, 0.15) is 6.10 Å². The van der Waals surface area contributed by atoms with E-state index in [2.05, 4.69) is 24.9 Å². The molecule has 0 unspecified atom stereocenters. The lowest BCUT2D eigenvalue weighted by Crippen LogP contribution is -2.34. The molecule has 1 heterocycles. The summed E-state index contributed by atoms with van der Waals surface area (Å²) in [7, 11) is -3.48. The molecule has 0 fully saturated rings. The molecule has 0 amide bonds. The van der Waals surface area contributed by atoms with Crippen molar-refractivity contribution in [2.45, 2.75) is 51.5 Å². The van der Waals surface area contributed by atoms with E-state index in [-0.39, 0.29) is 33.5 Å². The number of benzene rings is 1. The zero-order chi connectivity index (χ0) is 22.8. The molecule has 0 bridgehead atoms. The number of fused-ring (bicyclic) bond motifs is 1. The average molecular weight is 460 g/mol. The summed E-state index contributed by atoms with van der Waals surface area (Å²) in [4.78, 5) is 15.6. The van der Waals surface area contributed by atoms with E-state index in [0.717, 1.165) is 22.3 Å². The summed E-state index contributed by atoms with van der Waals surface area (Å²) in [6.07, 6.45) is 8.38. The lowest BCUT2D eigenvalue weighted by molar-refractivity contribution is -0.145. The number of ether oxygens (including phenoxy) is 1. The van der Waals surface area contributed by atoms with Crippen molar-refractivity contribution in [2.75, 3.05) is 5.75 Å². The topological polar surface area (TPSA) is 73.3 Å². The Bertz CT molecular complexity index is 1140. The zero-order valence-electron chi connectivity index (χ0n) is 18.6. The van der Waals surface area contributed by atoms with E-state index < -0.39 is 9.84 Å². The molecule has 1 aliphatic carbocycles. The molecule has 1 aliphatic rings. The van der Waals surface area contributed by atoms with Crippen LogP contribution in [-0.4, -0.2) is 31.2 Å². The van der Waals surface area contributed by atoms with Crippen molar-refractivity contribution in [3.8, 4) is 0 Å². The molecule has 7 heteroatoms. The summed E-state index contributed by atoms with van der Waals surface area (Å²) in [6, 6.07) is 7.43. The van der Waals surface area contributed by atoms with E-state index in [9.17, 15) is 13.2 Å². The minimum Gasteiger partial charge on any atom is -0.458 e. The predicted octanol–water partition coefficient (Wildman–Crippen LogP) is 5.50. The van der Waals surface area contributed by atoms with Crippen LogP contribution < -0.4 is 0 Å². The second kappa shape index (κ2) is 9.09. The molecule has 0 radical (unpaired) electrons. The molecule has 2 aromatic rings. The van der Waals surface area contributed by atoms with Crippen molar-refractivity contribution in [2.24, 2.45) is 11.3 Å². The molecule has 31 heavy (non-hydrogen) atoms. The fourth-order valence-corrected chi connectivity index (χ4v) is 6.57. The highest BCUT2D eigenvalue weighted by Gasteiger charge is 2.36. The maximum atomic E-state index is 12.7. The molecule has 5 nitrogen and oxygen atoms in total. The maximum Gasteiger partial charge on any atom is 0.303 e. The summed E-state index contributed by atoms with van der Waals surface area (Å²) in [6.45, 7) is 9.69. The standard InChI is InChI=1S/C24H29NO4S2/c1-16(10-11-20-17(2)14-19(29-18(3)26)15-24(20,4)5)12-13-31(27,28)23-25-21-8-6-7-9-22(21)30-23/h6-12,14,19-20H,13,15H2,1-5H3/t19-,20+/m1/s1. The fourth-order valence-electron chi connectivity index (χ4n) is 4.03.